The van der Waals surface area contributed by atoms with Crippen LogP contribution in [0.1, 0.15) is 56.0 Å². The van der Waals surface area contributed by atoms with Crippen LogP contribution in [0.2, 0.25) is 0 Å². The molecule has 23 heavy (non-hydrogen) atoms. The summed E-state index contributed by atoms with van der Waals surface area (Å²) < 4.78 is 4.71. The maximum Gasteiger partial charge on any atom is 0.328 e. The van der Waals surface area contributed by atoms with Gasteiger partial charge in [-0.15, -0.1) is 0 Å². The number of unbranched alkanes of at least 4 members (excludes halogenated alkanes) is 1. The fourth-order valence-corrected chi connectivity index (χ4v) is 2.14. The lowest BCUT2D eigenvalue weighted by Crippen LogP contribution is -2.41. The molecule has 5 nitrogen and oxygen atoms in total. The Morgan fingerprint density at radius 3 is 2.35 bits per heavy atom. The predicted molar refractivity (Wildman–Crippen MR) is 87.9 cm³/mol. The highest BCUT2D eigenvalue weighted by molar-refractivity contribution is 5.96. The number of methoxy groups -OCH3 is 1. The van der Waals surface area contributed by atoms with E-state index in [1.807, 2.05) is 18.2 Å². The van der Waals surface area contributed by atoms with Gasteiger partial charge in [0.15, 0.2) is 0 Å². The van der Waals surface area contributed by atoms with Gasteiger partial charge in [-0.2, -0.15) is 5.26 Å². The van der Waals surface area contributed by atoms with Crippen molar-refractivity contribution in [3.05, 3.63) is 35.4 Å². The minimum Gasteiger partial charge on any atom is -0.467 e. The number of amides is 1. The summed E-state index contributed by atoms with van der Waals surface area (Å²) in [5.41, 5.74) is 1.64. The molecule has 1 amide bonds. The summed E-state index contributed by atoms with van der Waals surface area (Å²) in [6.45, 7) is 6.31. The Balaban J connectivity index is 2.78. The van der Waals surface area contributed by atoms with E-state index in [0.717, 1.165) is 5.56 Å². The predicted octanol–water partition coefficient (Wildman–Crippen LogP) is 2.95. The van der Waals surface area contributed by atoms with Crippen LogP contribution in [0.3, 0.4) is 0 Å². The first-order chi connectivity index (χ1) is 10.8. The van der Waals surface area contributed by atoms with Crippen molar-refractivity contribution in [1.29, 1.82) is 5.26 Å². The standard InChI is InChI=1S/C18H24N2O3/c1-18(2,3)14-10-8-13(9-11-14)16(21)20-15(17(22)23-4)7-5-6-12-19/h8-11,15H,5-7H2,1-4H3,(H,20,21)/t15-/m1/s1. The van der Waals surface area contributed by atoms with E-state index in [9.17, 15) is 9.59 Å². The molecular formula is C18H24N2O3. The van der Waals surface area contributed by atoms with Crippen molar-refractivity contribution in [3.63, 3.8) is 0 Å². The van der Waals surface area contributed by atoms with E-state index in [2.05, 4.69) is 26.1 Å². The van der Waals surface area contributed by atoms with Gasteiger partial charge in [0.05, 0.1) is 13.2 Å². The molecule has 0 aliphatic carbocycles. The summed E-state index contributed by atoms with van der Waals surface area (Å²) >= 11 is 0. The molecule has 124 valence electrons. The number of carbonyl (C=O) groups is 2. The van der Waals surface area contributed by atoms with E-state index < -0.39 is 12.0 Å². The van der Waals surface area contributed by atoms with Gasteiger partial charge in [-0.1, -0.05) is 32.9 Å². The van der Waals surface area contributed by atoms with Gasteiger partial charge in [0.25, 0.3) is 5.91 Å². The number of benzene rings is 1. The molecule has 0 unspecified atom stereocenters. The van der Waals surface area contributed by atoms with Crippen LogP contribution in [-0.4, -0.2) is 25.0 Å². The van der Waals surface area contributed by atoms with Gasteiger partial charge >= 0.3 is 5.97 Å². The summed E-state index contributed by atoms with van der Waals surface area (Å²) in [6.07, 6.45) is 1.25. The van der Waals surface area contributed by atoms with E-state index in [1.54, 1.807) is 12.1 Å². The van der Waals surface area contributed by atoms with Gasteiger partial charge < -0.3 is 10.1 Å². The molecule has 0 radical (unpaired) electrons. The second-order valence-corrected chi connectivity index (χ2v) is 6.43. The molecule has 1 N–H and O–H groups in total. The zero-order chi connectivity index (χ0) is 17.5. The Bertz CT molecular complexity index is 580. The van der Waals surface area contributed by atoms with Crippen molar-refractivity contribution in [2.75, 3.05) is 7.11 Å². The Morgan fingerprint density at radius 1 is 1.26 bits per heavy atom. The first kappa shape index (κ1) is 18.7. The van der Waals surface area contributed by atoms with Crippen LogP contribution >= 0.6 is 0 Å². The molecule has 1 aromatic carbocycles. The molecule has 5 heteroatoms. The molecular weight excluding hydrogens is 292 g/mol. The summed E-state index contributed by atoms with van der Waals surface area (Å²) in [4.78, 5) is 24.0. The van der Waals surface area contributed by atoms with Gasteiger partial charge in [0.2, 0.25) is 0 Å². The van der Waals surface area contributed by atoms with E-state index in [0.29, 0.717) is 24.8 Å². The molecule has 1 rings (SSSR count). The van der Waals surface area contributed by atoms with E-state index in [1.165, 1.54) is 7.11 Å². The molecule has 0 aliphatic rings. The molecule has 1 atom stereocenters. The summed E-state index contributed by atoms with van der Waals surface area (Å²) in [5.74, 6) is -0.819. The van der Waals surface area contributed by atoms with Crippen LogP contribution in [0.25, 0.3) is 0 Å². The van der Waals surface area contributed by atoms with Gasteiger partial charge in [-0.25, -0.2) is 4.79 Å². The second kappa shape index (κ2) is 8.33. The summed E-state index contributed by atoms with van der Waals surface area (Å²) in [6, 6.07) is 8.62. The smallest absolute Gasteiger partial charge is 0.328 e. The van der Waals surface area contributed by atoms with Crippen LogP contribution in [0.5, 0.6) is 0 Å². The minimum atomic E-state index is -0.733. The molecule has 0 bridgehead atoms. The molecule has 0 aromatic heterocycles. The highest BCUT2D eigenvalue weighted by atomic mass is 16.5. The lowest BCUT2D eigenvalue weighted by Gasteiger charge is -2.19. The Morgan fingerprint density at radius 2 is 1.87 bits per heavy atom. The Hall–Kier alpha value is -2.35. The Kier molecular flexibility index (Phi) is 6.77. The van der Waals surface area contributed by atoms with Crippen LogP contribution in [0, 0.1) is 11.3 Å². The van der Waals surface area contributed by atoms with E-state index in [4.69, 9.17) is 10.00 Å². The van der Waals surface area contributed by atoms with Crippen molar-refractivity contribution in [2.24, 2.45) is 0 Å². The molecule has 0 heterocycles. The number of nitriles is 1. The molecule has 0 saturated heterocycles. The third kappa shape index (κ3) is 5.74. The number of nitrogens with one attached hydrogen (secondary N) is 1. The molecule has 0 spiro atoms. The van der Waals surface area contributed by atoms with Crippen LogP contribution in [-0.2, 0) is 14.9 Å². The fourth-order valence-electron chi connectivity index (χ4n) is 2.14. The largest absolute Gasteiger partial charge is 0.467 e. The maximum atomic E-state index is 12.3. The Labute approximate surface area is 137 Å². The minimum absolute atomic E-state index is 0.0147. The quantitative estimate of drug-likeness (QED) is 0.646. The number of esters is 1. The van der Waals surface area contributed by atoms with Crippen molar-refractivity contribution in [3.8, 4) is 6.07 Å². The second-order valence-electron chi connectivity index (χ2n) is 6.43. The van der Waals surface area contributed by atoms with Crippen LogP contribution in [0.4, 0.5) is 0 Å². The van der Waals surface area contributed by atoms with Gasteiger partial charge in [-0.3, -0.25) is 4.79 Å². The van der Waals surface area contributed by atoms with Crippen LogP contribution in [0.15, 0.2) is 24.3 Å². The average molecular weight is 316 g/mol. The third-order valence-electron chi connectivity index (χ3n) is 3.59. The monoisotopic (exact) mass is 316 g/mol. The summed E-state index contributed by atoms with van der Waals surface area (Å²) in [7, 11) is 1.28. The highest BCUT2D eigenvalue weighted by Crippen LogP contribution is 2.22. The number of nitrogens with zero attached hydrogens (tertiary/aromatic N) is 1. The molecule has 0 saturated carbocycles. The van der Waals surface area contributed by atoms with Crippen molar-refractivity contribution < 1.29 is 14.3 Å². The third-order valence-corrected chi connectivity index (χ3v) is 3.59. The maximum absolute atomic E-state index is 12.3. The number of hydrogen-bond acceptors (Lipinski definition) is 4. The number of carbonyl (C=O) groups excluding carboxylic acids is 2. The normalized spacial score (nSPS) is 12.1. The van der Waals surface area contributed by atoms with Gasteiger partial charge in [-0.05, 0) is 36.0 Å². The van der Waals surface area contributed by atoms with Gasteiger partial charge in [0, 0.05) is 12.0 Å². The first-order valence-corrected chi connectivity index (χ1v) is 7.65. The molecule has 0 aliphatic heterocycles. The zero-order valence-corrected chi connectivity index (χ0v) is 14.2. The zero-order valence-electron chi connectivity index (χ0n) is 14.2. The lowest BCUT2D eigenvalue weighted by atomic mass is 9.86. The number of rotatable bonds is 6. The molecule has 0 fully saturated rings. The van der Waals surface area contributed by atoms with E-state index in [-0.39, 0.29) is 11.3 Å². The van der Waals surface area contributed by atoms with Gasteiger partial charge in [0.1, 0.15) is 6.04 Å². The lowest BCUT2D eigenvalue weighted by molar-refractivity contribution is -0.143. The van der Waals surface area contributed by atoms with Crippen LogP contribution < -0.4 is 5.32 Å². The van der Waals surface area contributed by atoms with E-state index >= 15 is 0 Å². The summed E-state index contributed by atoms with van der Waals surface area (Å²) in [5, 5.41) is 11.3. The highest BCUT2D eigenvalue weighted by Gasteiger charge is 2.22. The number of hydrogen-bond donors (Lipinski definition) is 1. The molecule has 1 aromatic rings. The average Bonchev–Trinajstić information content (AvgIpc) is 2.52. The van der Waals surface area contributed by atoms with Crippen molar-refractivity contribution in [2.45, 2.75) is 51.5 Å². The number of ether oxygens (including phenoxy) is 1. The first-order valence-electron chi connectivity index (χ1n) is 7.65. The fraction of sp³-hybridized carbons (Fsp3) is 0.500. The van der Waals surface area contributed by atoms with Crippen molar-refractivity contribution in [1.82, 2.24) is 5.32 Å². The SMILES string of the molecule is COC(=O)[C@@H](CCCC#N)NC(=O)c1ccc(C(C)(C)C)cc1. The van der Waals surface area contributed by atoms with Crippen molar-refractivity contribution >= 4 is 11.9 Å². The topological polar surface area (TPSA) is 79.2 Å².